The molecule has 2 N–H and O–H groups in total. The van der Waals surface area contributed by atoms with Crippen molar-refractivity contribution in [3.05, 3.63) is 29.8 Å². The molecule has 1 heterocycles. The van der Waals surface area contributed by atoms with Gasteiger partial charge in [-0.25, -0.2) is 4.79 Å². The molecule has 1 aliphatic heterocycles. The number of nitrogens with one attached hydrogen (secondary N) is 1. The highest BCUT2D eigenvalue weighted by molar-refractivity contribution is 5.65. The number of carboxylic acid groups (broad SMARTS) is 1. The summed E-state index contributed by atoms with van der Waals surface area (Å²) in [5.41, 5.74) is 1.59. The van der Waals surface area contributed by atoms with Crippen LogP contribution < -0.4 is 10.2 Å². The van der Waals surface area contributed by atoms with Crippen LogP contribution in [0, 0.1) is 11.3 Å². The maximum atomic E-state index is 10.5. The Morgan fingerprint density at radius 3 is 3.12 bits per heavy atom. The van der Waals surface area contributed by atoms with Gasteiger partial charge in [0.2, 0.25) is 0 Å². The number of hydrogen-bond donors (Lipinski definition) is 2. The second-order valence-electron chi connectivity index (χ2n) is 4.04. The second-order valence-corrected chi connectivity index (χ2v) is 4.04. The smallest absolute Gasteiger partial charge is 0.404 e. The van der Waals surface area contributed by atoms with Gasteiger partial charge >= 0.3 is 6.09 Å². The molecule has 0 spiro atoms. The minimum Gasteiger partial charge on any atom is -0.465 e. The Kier molecular flexibility index (Phi) is 3.15. The van der Waals surface area contributed by atoms with E-state index in [1.54, 1.807) is 6.07 Å². The predicted octanol–water partition coefficient (Wildman–Crippen LogP) is 1.40. The third kappa shape index (κ3) is 2.67. The van der Waals surface area contributed by atoms with Gasteiger partial charge in [0, 0.05) is 18.8 Å². The lowest BCUT2D eigenvalue weighted by molar-refractivity contribution is 0.191. The second kappa shape index (κ2) is 4.74. The molecule has 1 aliphatic rings. The van der Waals surface area contributed by atoms with Gasteiger partial charge in [0.25, 0.3) is 0 Å². The molecule has 88 valence electrons. The minimum absolute atomic E-state index is 0.0294. The first-order valence-electron chi connectivity index (χ1n) is 5.43. The molecule has 0 aromatic heterocycles. The van der Waals surface area contributed by atoms with Gasteiger partial charge in [-0.3, -0.25) is 0 Å². The van der Waals surface area contributed by atoms with Crippen LogP contribution in [0.15, 0.2) is 24.3 Å². The van der Waals surface area contributed by atoms with Crippen LogP contribution in [0.1, 0.15) is 12.0 Å². The third-order valence-electron chi connectivity index (χ3n) is 2.86. The quantitative estimate of drug-likeness (QED) is 0.806. The summed E-state index contributed by atoms with van der Waals surface area (Å²) in [6.45, 7) is 1.46. The van der Waals surface area contributed by atoms with Crippen LogP contribution in [-0.4, -0.2) is 30.3 Å². The maximum Gasteiger partial charge on any atom is 0.404 e. The zero-order valence-corrected chi connectivity index (χ0v) is 9.26. The molecule has 2 rings (SSSR count). The first kappa shape index (κ1) is 11.3. The van der Waals surface area contributed by atoms with Gasteiger partial charge < -0.3 is 15.3 Å². The van der Waals surface area contributed by atoms with Crippen molar-refractivity contribution < 1.29 is 9.90 Å². The molecule has 0 saturated carbocycles. The summed E-state index contributed by atoms with van der Waals surface area (Å²) in [6.07, 6.45) is -0.189. The lowest BCUT2D eigenvalue weighted by Crippen LogP contribution is -2.36. The maximum absolute atomic E-state index is 10.5. The molecule has 17 heavy (non-hydrogen) atoms. The molecular weight excluding hydrogens is 218 g/mol. The van der Waals surface area contributed by atoms with E-state index < -0.39 is 6.09 Å². The van der Waals surface area contributed by atoms with Gasteiger partial charge in [-0.15, -0.1) is 0 Å². The van der Waals surface area contributed by atoms with E-state index >= 15 is 0 Å². The van der Waals surface area contributed by atoms with Gasteiger partial charge in [0.1, 0.15) is 0 Å². The minimum atomic E-state index is -0.984. The molecule has 0 bridgehead atoms. The number of rotatable bonds is 2. The van der Waals surface area contributed by atoms with E-state index in [9.17, 15) is 4.79 Å². The molecule has 1 saturated heterocycles. The van der Waals surface area contributed by atoms with Crippen LogP contribution in [-0.2, 0) is 0 Å². The number of benzene rings is 1. The van der Waals surface area contributed by atoms with E-state index in [0.29, 0.717) is 12.1 Å². The van der Waals surface area contributed by atoms with Crippen molar-refractivity contribution in [2.75, 3.05) is 18.0 Å². The molecule has 5 nitrogen and oxygen atoms in total. The summed E-state index contributed by atoms with van der Waals surface area (Å²) in [5, 5.41) is 19.9. The highest BCUT2D eigenvalue weighted by atomic mass is 16.4. The molecule has 0 unspecified atom stereocenters. The molecule has 1 fully saturated rings. The fraction of sp³-hybridized carbons (Fsp3) is 0.333. The van der Waals surface area contributed by atoms with Crippen molar-refractivity contribution in [2.24, 2.45) is 0 Å². The van der Waals surface area contributed by atoms with E-state index in [2.05, 4.69) is 16.3 Å². The number of nitriles is 1. The Balaban J connectivity index is 2.05. The Hall–Kier alpha value is -2.22. The highest BCUT2D eigenvalue weighted by Gasteiger charge is 2.23. The summed E-state index contributed by atoms with van der Waals surface area (Å²) in [5.74, 6) is 0. The van der Waals surface area contributed by atoms with E-state index in [1.165, 1.54) is 0 Å². The van der Waals surface area contributed by atoms with Crippen LogP contribution in [0.3, 0.4) is 0 Å². The van der Waals surface area contributed by atoms with Gasteiger partial charge in [-0.05, 0) is 24.6 Å². The first-order chi connectivity index (χ1) is 8.19. The molecule has 1 amide bonds. The van der Waals surface area contributed by atoms with Crippen molar-refractivity contribution >= 4 is 11.8 Å². The van der Waals surface area contributed by atoms with Crippen molar-refractivity contribution in [3.8, 4) is 6.07 Å². The Morgan fingerprint density at radius 2 is 2.41 bits per heavy atom. The van der Waals surface area contributed by atoms with Gasteiger partial charge in [-0.2, -0.15) is 5.26 Å². The van der Waals surface area contributed by atoms with Crippen LogP contribution in [0.2, 0.25) is 0 Å². The van der Waals surface area contributed by atoms with E-state index in [0.717, 1.165) is 18.7 Å². The van der Waals surface area contributed by atoms with E-state index in [4.69, 9.17) is 10.4 Å². The highest BCUT2D eigenvalue weighted by Crippen LogP contribution is 2.21. The number of amides is 1. The molecule has 5 heteroatoms. The normalized spacial score (nSPS) is 18.8. The summed E-state index contributed by atoms with van der Waals surface area (Å²) < 4.78 is 0. The third-order valence-corrected chi connectivity index (χ3v) is 2.86. The Bertz CT molecular complexity index is 467. The lowest BCUT2D eigenvalue weighted by atomic mass is 10.2. The summed E-state index contributed by atoms with van der Waals surface area (Å²) in [4.78, 5) is 12.6. The number of nitrogens with zero attached hydrogens (tertiary/aromatic N) is 2. The largest absolute Gasteiger partial charge is 0.465 e. The topological polar surface area (TPSA) is 76.4 Å². The Morgan fingerprint density at radius 1 is 1.59 bits per heavy atom. The van der Waals surface area contributed by atoms with Crippen molar-refractivity contribution in [1.29, 1.82) is 5.26 Å². The van der Waals surface area contributed by atoms with Gasteiger partial charge in [-0.1, -0.05) is 6.07 Å². The predicted molar refractivity (Wildman–Crippen MR) is 62.9 cm³/mol. The van der Waals surface area contributed by atoms with Gasteiger partial charge in [0.05, 0.1) is 17.7 Å². The first-order valence-corrected chi connectivity index (χ1v) is 5.43. The molecular formula is C12H13N3O2. The SMILES string of the molecule is N#Cc1cccc(N2CC[C@@H](NC(=O)O)C2)c1. The summed E-state index contributed by atoms with van der Waals surface area (Å²) in [6, 6.07) is 9.42. The standard InChI is InChI=1S/C12H13N3O2/c13-7-9-2-1-3-11(6-9)15-5-4-10(8-15)14-12(16)17/h1-3,6,10,14H,4-5,8H2,(H,16,17)/t10-/m1/s1. The van der Waals surface area contributed by atoms with Crippen molar-refractivity contribution in [3.63, 3.8) is 0 Å². The zero-order valence-electron chi connectivity index (χ0n) is 9.26. The van der Waals surface area contributed by atoms with Crippen LogP contribution >= 0.6 is 0 Å². The number of anilines is 1. The molecule has 0 aliphatic carbocycles. The number of hydrogen-bond acceptors (Lipinski definition) is 3. The molecule has 0 radical (unpaired) electrons. The lowest BCUT2D eigenvalue weighted by Gasteiger charge is -2.18. The zero-order chi connectivity index (χ0) is 12.3. The Labute approximate surface area is 99.3 Å². The fourth-order valence-corrected chi connectivity index (χ4v) is 2.06. The van der Waals surface area contributed by atoms with Crippen LogP contribution in [0.4, 0.5) is 10.5 Å². The average molecular weight is 231 g/mol. The van der Waals surface area contributed by atoms with E-state index in [-0.39, 0.29) is 6.04 Å². The van der Waals surface area contributed by atoms with Crippen molar-refractivity contribution in [1.82, 2.24) is 5.32 Å². The fourth-order valence-electron chi connectivity index (χ4n) is 2.06. The van der Waals surface area contributed by atoms with E-state index in [1.807, 2.05) is 18.2 Å². The number of carbonyl (C=O) groups is 1. The molecule has 1 atom stereocenters. The van der Waals surface area contributed by atoms with Crippen LogP contribution in [0.5, 0.6) is 0 Å². The molecule has 1 aromatic rings. The van der Waals surface area contributed by atoms with Gasteiger partial charge in [0.15, 0.2) is 0 Å². The molecule has 1 aromatic carbocycles. The van der Waals surface area contributed by atoms with Crippen LogP contribution in [0.25, 0.3) is 0 Å². The summed E-state index contributed by atoms with van der Waals surface area (Å²) in [7, 11) is 0. The monoisotopic (exact) mass is 231 g/mol. The average Bonchev–Trinajstić information content (AvgIpc) is 2.77. The van der Waals surface area contributed by atoms with Crippen molar-refractivity contribution in [2.45, 2.75) is 12.5 Å². The summed E-state index contributed by atoms with van der Waals surface area (Å²) >= 11 is 0.